The number of aromatic nitrogens is 1. The number of benzene rings is 1. The van der Waals surface area contributed by atoms with Crippen LogP contribution < -0.4 is 10.6 Å². The average molecular weight is 503 g/mol. The third-order valence-corrected chi connectivity index (χ3v) is 8.29. The van der Waals surface area contributed by atoms with Gasteiger partial charge in [-0.05, 0) is 48.9 Å². The second-order valence-corrected chi connectivity index (χ2v) is 11.1. The number of alkyl halides is 3. The predicted molar refractivity (Wildman–Crippen MR) is 127 cm³/mol. The van der Waals surface area contributed by atoms with Crippen molar-refractivity contribution in [2.75, 3.05) is 12.4 Å². The number of pyridine rings is 1. The Bertz CT molecular complexity index is 1190. The van der Waals surface area contributed by atoms with Crippen molar-refractivity contribution in [2.45, 2.75) is 68.7 Å². The van der Waals surface area contributed by atoms with Crippen LogP contribution in [0.5, 0.6) is 0 Å². The highest BCUT2D eigenvalue weighted by Gasteiger charge is 2.73. The number of anilines is 1. The number of fused-ring (bicyclic) bond motifs is 1. The van der Waals surface area contributed by atoms with Crippen molar-refractivity contribution in [1.29, 1.82) is 0 Å². The average Bonchev–Trinajstić information content (AvgIpc) is 2.99. The Balaban J connectivity index is 1.30. The zero-order chi connectivity index (χ0) is 26.1. The number of carbonyl (C=O) groups excluding carboxylic acids is 1. The van der Waals surface area contributed by atoms with Crippen LogP contribution in [-0.2, 0) is 16.6 Å². The molecule has 0 aliphatic heterocycles. The molecule has 0 saturated heterocycles. The number of halogens is 3. The van der Waals surface area contributed by atoms with Crippen molar-refractivity contribution in [2.24, 2.45) is 5.41 Å². The summed E-state index contributed by atoms with van der Waals surface area (Å²) in [7, 11) is 1.14. The van der Waals surface area contributed by atoms with Gasteiger partial charge in [0.2, 0.25) is 5.91 Å². The van der Waals surface area contributed by atoms with E-state index in [0.29, 0.717) is 5.69 Å². The summed E-state index contributed by atoms with van der Waals surface area (Å²) in [6, 6.07) is 8.95. The third kappa shape index (κ3) is 3.77. The number of nitrogens with one attached hydrogen (secondary N) is 2. The lowest BCUT2D eigenvalue weighted by Gasteiger charge is -2.69. The summed E-state index contributed by atoms with van der Waals surface area (Å²) in [5, 5.41) is 14.7. The van der Waals surface area contributed by atoms with E-state index in [-0.39, 0.29) is 36.4 Å². The smallest absolute Gasteiger partial charge is 0.414 e. The molecule has 1 aromatic carbocycles. The first-order valence-electron chi connectivity index (χ1n) is 11.9. The zero-order valence-electron chi connectivity index (χ0n) is 20.3. The molecule has 2 aromatic rings. The summed E-state index contributed by atoms with van der Waals surface area (Å²) in [6.07, 6.45) is -3.07. The topological polar surface area (TPSA) is 94.6 Å². The Morgan fingerprint density at radius 2 is 1.81 bits per heavy atom. The van der Waals surface area contributed by atoms with Crippen molar-refractivity contribution in [3.05, 3.63) is 59.4 Å². The Kier molecular flexibility index (Phi) is 5.32. The fourth-order valence-corrected chi connectivity index (χ4v) is 6.53. The second kappa shape index (κ2) is 7.85. The van der Waals surface area contributed by atoms with Crippen LogP contribution >= 0.6 is 0 Å². The normalized spacial score (nSPS) is 28.2. The SMILES string of the molecule is CN(C(=O)C12CC(NC(=O)O)(C1)C2)[C@@H](c1ccc(N[C@H]2Cc3ccccc3C2(C)C)cn1)C(F)(F)F. The molecule has 4 aliphatic carbocycles. The molecular weight excluding hydrogens is 473 g/mol. The summed E-state index contributed by atoms with van der Waals surface area (Å²) < 4.78 is 42.4. The van der Waals surface area contributed by atoms with Crippen LogP contribution in [0.3, 0.4) is 0 Å². The maximum atomic E-state index is 14.1. The van der Waals surface area contributed by atoms with Gasteiger partial charge in [-0.25, -0.2) is 4.79 Å². The maximum Gasteiger partial charge on any atom is 0.414 e. The molecule has 4 aliphatic rings. The lowest BCUT2D eigenvalue weighted by Crippen LogP contribution is -2.78. The second-order valence-electron chi connectivity index (χ2n) is 11.1. The molecule has 7 nitrogen and oxygen atoms in total. The molecule has 1 heterocycles. The van der Waals surface area contributed by atoms with E-state index >= 15 is 0 Å². The Hall–Kier alpha value is -3.30. The van der Waals surface area contributed by atoms with E-state index in [1.54, 1.807) is 6.07 Å². The van der Waals surface area contributed by atoms with Crippen LogP contribution in [0.25, 0.3) is 0 Å². The van der Waals surface area contributed by atoms with Crippen LogP contribution in [0.15, 0.2) is 42.6 Å². The number of hydrogen-bond acceptors (Lipinski definition) is 4. The summed E-state index contributed by atoms with van der Waals surface area (Å²) >= 11 is 0. The van der Waals surface area contributed by atoms with Gasteiger partial charge < -0.3 is 20.6 Å². The summed E-state index contributed by atoms with van der Waals surface area (Å²) in [4.78, 5) is 28.8. The van der Waals surface area contributed by atoms with E-state index in [1.165, 1.54) is 23.4 Å². The largest absolute Gasteiger partial charge is 0.465 e. The summed E-state index contributed by atoms with van der Waals surface area (Å²) in [5.41, 5.74) is 1.06. The van der Waals surface area contributed by atoms with Crippen LogP contribution in [0.1, 0.15) is 56.0 Å². The molecule has 10 heteroatoms. The first-order chi connectivity index (χ1) is 16.8. The Morgan fingerprint density at radius 1 is 1.14 bits per heavy atom. The molecule has 3 N–H and O–H groups in total. The molecule has 6 rings (SSSR count). The zero-order valence-corrected chi connectivity index (χ0v) is 20.3. The van der Waals surface area contributed by atoms with Gasteiger partial charge in [0, 0.05) is 24.0 Å². The first-order valence-corrected chi connectivity index (χ1v) is 11.9. The van der Waals surface area contributed by atoms with E-state index in [9.17, 15) is 22.8 Å². The minimum Gasteiger partial charge on any atom is -0.465 e. The summed E-state index contributed by atoms with van der Waals surface area (Å²) in [5.74, 6) is -0.631. The van der Waals surface area contributed by atoms with E-state index < -0.39 is 35.2 Å². The number of rotatable bonds is 6. The number of amides is 2. The maximum absolute atomic E-state index is 14.1. The fraction of sp³-hybridized carbons (Fsp3) is 0.500. The van der Waals surface area contributed by atoms with E-state index in [1.807, 2.05) is 12.1 Å². The van der Waals surface area contributed by atoms with Crippen molar-refractivity contribution >= 4 is 17.7 Å². The quantitative estimate of drug-likeness (QED) is 0.535. The molecule has 3 saturated carbocycles. The highest BCUT2D eigenvalue weighted by molar-refractivity contribution is 5.88. The lowest BCUT2D eigenvalue weighted by atomic mass is 9.39. The highest BCUT2D eigenvalue weighted by atomic mass is 19.4. The van der Waals surface area contributed by atoms with Gasteiger partial charge in [-0.15, -0.1) is 0 Å². The van der Waals surface area contributed by atoms with Gasteiger partial charge in [-0.2, -0.15) is 13.2 Å². The van der Waals surface area contributed by atoms with Crippen LogP contribution in [0.4, 0.5) is 23.7 Å². The molecular formula is C26H29F3N4O3. The Morgan fingerprint density at radius 3 is 2.36 bits per heavy atom. The molecule has 0 spiro atoms. The molecule has 3 fully saturated rings. The monoisotopic (exact) mass is 502 g/mol. The van der Waals surface area contributed by atoms with E-state index in [0.717, 1.165) is 18.4 Å². The molecule has 2 atom stereocenters. The predicted octanol–water partition coefficient (Wildman–Crippen LogP) is 4.65. The number of hydrogen-bond donors (Lipinski definition) is 3. The van der Waals surface area contributed by atoms with Crippen LogP contribution in [0.2, 0.25) is 0 Å². The third-order valence-electron chi connectivity index (χ3n) is 8.29. The van der Waals surface area contributed by atoms with Gasteiger partial charge >= 0.3 is 12.3 Å². The molecule has 2 bridgehead atoms. The minimum absolute atomic E-state index is 0.0567. The van der Waals surface area contributed by atoms with Crippen molar-refractivity contribution in [3.63, 3.8) is 0 Å². The fourth-order valence-electron chi connectivity index (χ4n) is 6.53. The molecule has 0 radical (unpaired) electrons. The van der Waals surface area contributed by atoms with Crippen LogP contribution in [-0.4, -0.2) is 51.8 Å². The molecule has 2 amide bonds. The number of carbonyl (C=O) groups is 2. The standard InChI is InChI=1S/C26H29F3N4O3/c1-23(2)17-7-5-4-6-15(17)10-19(23)31-16-8-9-18(30-11-16)20(26(27,28)29)33(3)21(34)24-12-25(13-24,14-24)32-22(35)36/h4-9,11,19-20,31-32H,10,12-14H2,1-3H3,(H,35,36)/t19-,20-,24?,25?/m0/s1. The lowest BCUT2D eigenvalue weighted by molar-refractivity contribution is -0.214. The Labute approximate surface area is 207 Å². The van der Waals surface area contributed by atoms with Gasteiger partial charge in [-0.3, -0.25) is 9.78 Å². The van der Waals surface area contributed by atoms with Gasteiger partial charge in [0.15, 0.2) is 6.04 Å². The molecule has 1 aromatic heterocycles. The highest BCUT2D eigenvalue weighted by Crippen LogP contribution is 2.68. The van der Waals surface area contributed by atoms with Crippen molar-refractivity contribution in [1.82, 2.24) is 15.2 Å². The molecule has 192 valence electrons. The minimum atomic E-state index is -4.72. The first kappa shape index (κ1) is 24.4. The van der Waals surface area contributed by atoms with Gasteiger partial charge in [0.05, 0.1) is 23.0 Å². The molecule has 0 unspecified atom stereocenters. The van der Waals surface area contributed by atoms with E-state index in [2.05, 4.69) is 41.6 Å². The van der Waals surface area contributed by atoms with Crippen molar-refractivity contribution in [3.8, 4) is 0 Å². The molecule has 36 heavy (non-hydrogen) atoms. The van der Waals surface area contributed by atoms with Gasteiger partial charge in [0.25, 0.3) is 0 Å². The van der Waals surface area contributed by atoms with Gasteiger partial charge in [0.1, 0.15) is 0 Å². The number of nitrogens with zero attached hydrogens (tertiary/aromatic N) is 2. The van der Waals surface area contributed by atoms with E-state index in [4.69, 9.17) is 5.11 Å². The van der Waals surface area contributed by atoms with Crippen LogP contribution in [0, 0.1) is 5.41 Å². The van der Waals surface area contributed by atoms with Gasteiger partial charge in [-0.1, -0.05) is 38.1 Å². The number of carboxylic acid groups (broad SMARTS) is 1. The summed E-state index contributed by atoms with van der Waals surface area (Å²) in [6.45, 7) is 4.28. The van der Waals surface area contributed by atoms with Crippen molar-refractivity contribution < 1.29 is 27.9 Å².